The highest BCUT2D eigenvalue weighted by atomic mass is 19.1. The number of hydrogen-bond donors (Lipinski definition) is 1. The Morgan fingerprint density at radius 3 is 2.59 bits per heavy atom. The van der Waals surface area contributed by atoms with E-state index in [4.69, 9.17) is 4.74 Å². The number of hydrogen-bond acceptors (Lipinski definition) is 5. The van der Waals surface area contributed by atoms with Crippen LogP contribution in [-0.2, 0) is 4.74 Å². The van der Waals surface area contributed by atoms with Gasteiger partial charge >= 0.3 is 0 Å². The first-order chi connectivity index (χ1) is 15.5. The number of benzene rings is 2. The van der Waals surface area contributed by atoms with Gasteiger partial charge in [-0.05, 0) is 48.5 Å². The minimum absolute atomic E-state index is 0.00304. The molecule has 2 aliphatic heterocycles. The van der Waals surface area contributed by atoms with Gasteiger partial charge in [-0.25, -0.2) is 9.07 Å². The summed E-state index contributed by atoms with van der Waals surface area (Å²) in [6.07, 6.45) is 1.63. The molecule has 0 unspecified atom stereocenters. The van der Waals surface area contributed by atoms with Crippen LogP contribution in [0.1, 0.15) is 10.4 Å². The summed E-state index contributed by atoms with van der Waals surface area (Å²) < 4.78 is 20.4. The molecule has 4 heterocycles. The van der Waals surface area contributed by atoms with Gasteiger partial charge in [0.15, 0.2) is 0 Å². The van der Waals surface area contributed by atoms with Crippen LogP contribution < -0.4 is 5.56 Å². The number of nitrogens with one attached hydrogen (secondary N) is 1. The zero-order valence-corrected chi connectivity index (χ0v) is 16.9. The molecule has 8 nitrogen and oxygen atoms in total. The number of ether oxygens (including phenoxy) is 1. The predicted molar refractivity (Wildman–Crippen MR) is 114 cm³/mol. The maximum atomic E-state index is 13.6. The van der Waals surface area contributed by atoms with Gasteiger partial charge in [0.2, 0.25) is 0 Å². The molecule has 160 valence electrons. The first-order valence-electron chi connectivity index (χ1n) is 10.2. The van der Waals surface area contributed by atoms with Crippen LogP contribution in [0.3, 0.4) is 0 Å². The van der Waals surface area contributed by atoms with Crippen LogP contribution in [0.15, 0.2) is 59.5 Å². The van der Waals surface area contributed by atoms with Crippen LogP contribution >= 0.6 is 0 Å². The van der Waals surface area contributed by atoms with Crippen molar-refractivity contribution in [3.63, 3.8) is 0 Å². The summed E-state index contributed by atoms with van der Waals surface area (Å²) in [5.41, 5.74) is 2.37. The van der Waals surface area contributed by atoms with E-state index in [2.05, 4.69) is 15.3 Å². The second-order valence-electron chi connectivity index (χ2n) is 8.49. The van der Waals surface area contributed by atoms with Gasteiger partial charge in [-0.3, -0.25) is 9.59 Å². The van der Waals surface area contributed by atoms with Crippen molar-refractivity contribution in [1.82, 2.24) is 24.9 Å². The van der Waals surface area contributed by atoms with E-state index < -0.39 is 0 Å². The predicted octanol–water partition coefficient (Wildman–Crippen LogP) is 2.39. The average molecular weight is 431 g/mol. The van der Waals surface area contributed by atoms with E-state index in [-0.39, 0.29) is 22.7 Å². The zero-order chi connectivity index (χ0) is 21.9. The summed E-state index contributed by atoms with van der Waals surface area (Å²) >= 11 is 0. The molecule has 1 N–H and O–H groups in total. The third kappa shape index (κ3) is 3.01. The number of carbonyl (C=O) groups is 1. The first-order valence-corrected chi connectivity index (χ1v) is 10.2. The van der Waals surface area contributed by atoms with E-state index in [1.54, 1.807) is 36.5 Å². The molecule has 2 fully saturated rings. The van der Waals surface area contributed by atoms with Gasteiger partial charge in [0, 0.05) is 29.6 Å². The van der Waals surface area contributed by atoms with Crippen LogP contribution in [-0.4, -0.2) is 57.1 Å². The lowest BCUT2D eigenvalue weighted by Crippen LogP contribution is -2.67. The first kappa shape index (κ1) is 18.9. The summed E-state index contributed by atoms with van der Waals surface area (Å²) in [4.78, 5) is 29.7. The Hall–Kier alpha value is -3.85. The van der Waals surface area contributed by atoms with E-state index in [1.807, 2.05) is 4.90 Å². The van der Waals surface area contributed by atoms with Gasteiger partial charge in [-0.2, -0.15) is 0 Å². The van der Waals surface area contributed by atoms with Crippen molar-refractivity contribution in [2.75, 3.05) is 26.3 Å². The Kier molecular flexibility index (Phi) is 4.03. The highest BCUT2D eigenvalue weighted by Crippen LogP contribution is 2.38. The van der Waals surface area contributed by atoms with Gasteiger partial charge in [0.05, 0.1) is 36.1 Å². The minimum atomic E-state index is -0.386. The van der Waals surface area contributed by atoms with E-state index in [0.717, 1.165) is 26.3 Å². The third-order valence-electron chi connectivity index (χ3n) is 6.11. The molecule has 1 amide bonds. The molecule has 4 aromatic rings. The summed E-state index contributed by atoms with van der Waals surface area (Å²) in [5, 5.41) is 8.78. The Morgan fingerprint density at radius 2 is 1.88 bits per heavy atom. The minimum Gasteiger partial charge on any atom is -0.380 e. The summed E-state index contributed by atoms with van der Waals surface area (Å²) in [6, 6.07) is 12.9. The van der Waals surface area contributed by atoms with E-state index >= 15 is 0 Å². The lowest BCUT2D eigenvalue weighted by molar-refractivity contribution is -0.176. The fourth-order valence-electron chi connectivity index (χ4n) is 4.30. The molecule has 9 heteroatoms. The average Bonchev–Trinajstić information content (AvgIpc) is 3.21. The zero-order valence-electron chi connectivity index (χ0n) is 16.9. The van der Waals surface area contributed by atoms with Crippen molar-refractivity contribution in [2.45, 2.75) is 0 Å². The van der Waals surface area contributed by atoms with Gasteiger partial charge in [-0.1, -0.05) is 5.21 Å². The van der Waals surface area contributed by atoms with E-state index in [9.17, 15) is 14.0 Å². The van der Waals surface area contributed by atoms with Crippen molar-refractivity contribution in [3.8, 4) is 16.9 Å². The Balaban J connectivity index is 1.24. The number of amides is 1. The van der Waals surface area contributed by atoms with Gasteiger partial charge in [0.25, 0.3) is 11.5 Å². The topological polar surface area (TPSA) is 93.1 Å². The number of rotatable bonds is 3. The van der Waals surface area contributed by atoms with Crippen molar-refractivity contribution >= 4 is 16.8 Å². The van der Waals surface area contributed by atoms with Crippen LogP contribution in [0, 0.1) is 11.2 Å². The molecule has 0 atom stereocenters. The number of pyridine rings is 1. The molecule has 0 aliphatic carbocycles. The van der Waals surface area contributed by atoms with Crippen LogP contribution in [0.2, 0.25) is 0 Å². The van der Waals surface area contributed by atoms with Crippen molar-refractivity contribution < 1.29 is 13.9 Å². The lowest BCUT2D eigenvalue weighted by Gasteiger charge is -2.54. The number of likely N-dealkylation sites (tertiary alicyclic amines) is 1. The monoisotopic (exact) mass is 431 g/mol. The number of aromatic amines is 1. The molecule has 0 saturated carbocycles. The second-order valence-corrected chi connectivity index (χ2v) is 8.49. The Bertz CT molecular complexity index is 1410. The Labute approximate surface area is 181 Å². The molecule has 1 spiro atoms. The Morgan fingerprint density at radius 1 is 1.09 bits per heavy atom. The largest absolute Gasteiger partial charge is 0.380 e. The van der Waals surface area contributed by atoms with Gasteiger partial charge in [-0.15, -0.1) is 5.10 Å². The number of halogens is 1. The van der Waals surface area contributed by atoms with E-state index in [1.165, 1.54) is 22.9 Å². The molecular formula is C23H18FN5O3. The molecule has 2 aliphatic rings. The van der Waals surface area contributed by atoms with Crippen LogP contribution in [0.4, 0.5) is 4.39 Å². The molecular weight excluding hydrogens is 413 g/mol. The molecule has 0 bridgehead atoms. The fourth-order valence-corrected chi connectivity index (χ4v) is 4.30. The molecule has 0 radical (unpaired) electrons. The lowest BCUT2D eigenvalue weighted by atomic mass is 9.78. The number of nitrogens with zero attached hydrogens (tertiary/aromatic N) is 4. The maximum Gasteiger partial charge on any atom is 0.258 e. The maximum absolute atomic E-state index is 13.6. The quantitative estimate of drug-likeness (QED) is 0.538. The van der Waals surface area contributed by atoms with Crippen molar-refractivity contribution in [3.05, 3.63) is 76.5 Å². The molecule has 2 saturated heterocycles. The van der Waals surface area contributed by atoms with E-state index in [0.29, 0.717) is 33.4 Å². The van der Waals surface area contributed by atoms with Gasteiger partial charge in [0.1, 0.15) is 11.5 Å². The standard InChI is InChI=1S/C23H18FN5O3/c24-16-3-6-19-15(7-16)8-18(21(30)25-19)20-9-29(27-26-20)17-4-1-14(2-5-17)22(31)28-10-23(11-28)12-32-13-23/h1-9H,10-13H2,(H,25,30). The normalized spacial score (nSPS) is 16.7. The van der Waals surface area contributed by atoms with Crippen LogP contribution in [0.5, 0.6) is 0 Å². The highest BCUT2D eigenvalue weighted by Gasteiger charge is 2.50. The summed E-state index contributed by atoms with van der Waals surface area (Å²) in [5.74, 6) is -0.383. The molecule has 32 heavy (non-hydrogen) atoms. The molecule has 6 rings (SSSR count). The molecule has 2 aromatic heterocycles. The van der Waals surface area contributed by atoms with Crippen molar-refractivity contribution in [2.24, 2.45) is 5.41 Å². The van der Waals surface area contributed by atoms with Crippen LogP contribution in [0.25, 0.3) is 27.8 Å². The number of carbonyl (C=O) groups excluding carboxylic acids is 1. The number of fused-ring (bicyclic) bond motifs is 1. The SMILES string of the molecule is O=C(c1ccc(-n2cc(-c3cc4cc(F)ccc4[nH]c3=O)nn2)cc1)N1CC2(COC2)C1. The van der Waals surface area contributed by atoms with Gasteiger partial charge < -0.3 is 14.6 Å². The third-order valence-corrected chi connectivity index (χ3v) is 6.11. The number of H-pyrrole nitrogens is 1. The fraction of sp³-hybridized carbons (Fsp3) is 0.217. The number of aromatic nitrogens is 4. The highest BCUT2D eigenvalue weighted by molar-refractivity contribution is 5.95. The molecule has 2 aromatic carbocycles. The second kappa shape index (κ2) is 6.83. The summed E-state index contributed by atoms with van der Waals surface area (Å²) in [7, 11) is 0. The summed E-state index contributed by atoms with van der Waals surface area (Å²) in [6.45, 7) is 2.95. The smallest absolute Gasteiger partial charge is 0.258 e. The van der Waals surface area contributed by atoms with Crippen molar-refractivity contribution in [1.29, 1.82) is 0 Å².